The lowest BCUT2D eigenvalue weighted by Gasteiger charge is -2.14. The van der Waals surface area contributed by atoms with Crippen LogP contribution in [-0.4, -0.2) is 13.2 Å². The van der Waals surface area contributed by atoms with Gasteiger partial charge in [0.05, 0.1) is 18.0 Å². The summed E-state index contributed by atoms with van der Waals surface area (Å²) < 4.78 is 5.83. The number of hydrogen-bond donors (Lipinski definition) is 1. The van der Waals surface area contributed by atoms with E-state index in [1.165, 1.54) is 30.6 Å². The average Bonchev–Trinajstić information content (AvgIpc) is 2.88. The standard InChI is InChI=1S/C16H25NOS/c1-3-5-7-14(4-2)12-18-13-16-10-9-15(19-16)8-6-11-17/h9-10,14H,3-5,7,11-13,17H2,1-2H3. The number of ether oxygens (including phenoxy) is 1. The topological polar surface area (TPSA) is 35.2 Å². The van der Waals surface area contributed by atoms with E-state index in [1.54, 1.807) is 11.3 Å². The Morgan fingerprint density at radius 1 is 1.37 bits per heavy atom. The lowest BCUT2D eigenvalue weighted by Crippen LogP contribution is -2.08. The van der Waals surface area contributed by atoms with E-state index in [0.717, 1.165) is 11.5 Å². The van der Waals surface area contributed by atoms with Crippen LogP contribution in [0.2, 0.25) is 0 Å². The summed E-state index contributed by atoms with van der Waals surface area (Å²) in [5, 5.41) is 0. The van der Waals surface area contributed by atoms with E-state index in [1.807, 2.05) is 6.07 Å². The highest BCUT2D eigenvalue weighted by Crippen LogP contribution is 2.18. The SMILES string of the molecule is CCCCC(CC)COCc1ccc(C#CCN)s1. The van der Waals surface area contributed by atoms with Crippen LogP contribution >= 0.6 is 11.3 Å². The van der Waals surface area contributed by atoms with Crippen molar-refractivity contribution in [3.63, 3.8) is 0 Å². The Labute approximate surface area is 121 Å². The van der Waals surface area contributed by atoms with Crippen molar-refractivity contribution in [2.75, 3.05) is 13.2 Å². The fourth-order valence-electron chi connectivity index (χ4n) is 1.89. The van der Waals surface area contributed by atoms with Crippen molar-refractivity contribution < 1.29 is 4.74 Å². The molecule has 106 valence electrons. The Hall–Kier alpha value is -0.820. The van der Waals surface area contributed by atoms with Crippen LogP contribution in [0.4, 0.5) is 0 Å². The molecule has 1 aromatic rings. The highest BCUT2D eigenvalue weighted by atomic mass is 32.1. The van der Waals surface area contributed by atoms with Gasteiger partial charge in [-0.2, -0.15) is 0 Å². The summed E-state index contributed by atoms with van der Waals surface area (Å²) in [7, 11) is 0. The van der Waals surface area contributed by atoms with Crippen LogP contribution in [-0.2, 0) is 11.3 Å². The van der Waals surface area contributed by atoms with Crippen LogP contribution < -0.4 is 5.73 Å². The number of nitrogens with two attached hydrogens (primary N) is 1. The van der Waals surface area contributed by atoms with Crippen LogP contribution in [0.25, 0.3) is 0 Å². The minimum Gasteiger partial charge on any atom is -0.376 e. The van der Waals surface area contributed by atoms with Gasteiger partial charge in [-0.25, -0.2) is 0 Å². The molecule has 19 heavy (non-hydrogen) atoms. The normalized spacial score (nSPS) is 11.9. The van der Waals surface area contributed by atoms with Gasteiger partial charge in [-0.15, -0.1) is 11.3 Å². The number of rotatable bonds is 8. The third-order valence-electron chi connectivity index (χ3n) is 3.12. The zero-order valence-electron chi connectivity index (χ0n) is 12.1. The molecule has 0 aliphatic heterocycles. The van der Waals surface area contributed by atoms with Crippen molar-refractivity contribution in [1.82, 2.24) is 0 Å². The molecule has 2 N–H and O–H groups in total. The molecule has 1 atom stereocenters. The maximum Gasteiger partial charge on any atom is 0.0809 e. The molecule has 2 nitrogen and oxygen atoms in total. The molecule has 3 heteroatoms. The van der Waals surface area contributed by atoms with Crippen molar-refractivity contribution in [3.05, 3.63) is 21.9 Å². The van der Waals surface area contributed by atoms with E-state index >= 15 is 0 Å². The first-order valence-electron chi connectivity index (χ1n) is 7.15. The summed E-state index contributed by atoms with van der Waals surface area (Å²) >= 11 is 1.70. The van der Waals surface area contributed by atoms with Gasteiger partial charge >= 0.3 is 0 Å². The second-order valence-corrected chi connectivity index (χ2v) is 5.87. The summed E-state index contributed by atoms with van der Waals surface area (Å²) in [5.41, 5.74) is 5.36. The number of unbranched alkanes of at least 4 members (excludes halogenated alkanes) is 1. The predicted molar refractivity (Wildman–Crippen MR) is 83.2 cm³/mol. The zero-order valence-corrected chi connectivity index (χ0v) is 12.9. The lowest BCUT2D eigenvalue weighted by molar-refractivity contribution is 0.0836. The van der Waals surface area contributed by atoms with E-state index < -0.39 is 0 Å². The Bertz CT molecular complexity index is 402. The third-order valence-corrected chi connectivity index (χ3v) is 4.09. The highest BCUT2D eigenvalue weighted by molar-refractivity contribution is 7.12. The molecule has 0 fully saturated rings. The molecule has 0 saturated carbocycles. The minimum atomic E-state index is 0.416. The van der Waals surface area contributed by atoms with Crippen LogP contribution in [0.1, 0.15) is 49.3 Å². The summed E-state index contributed by atoms with van der Waals surface area (Å²) in [5.74, 6) is 6.63. The van der Waals surface area contributed by atoms with Crippen LogP contribution in [0, 0.1) is 17.8 Å². The first-order valence-corrected chi connectivity index (χ1v) is 7.97. The fourth-order valence-corrected chi connectivity index (χ4v) is 2.71. The minimum absolute atomic E-state index is 0.416. The maximum atomic E-state index is 5.83. The van der Waals surface area contributed by atoms with Gasteiger partial charge in [0.25, 0.3) is 0 Å². The molecular weight excluding hydrogens is 254 g/mol. The summed E-state index contributed by atoms with van der Waals surface area (Å²) in [6, 6.07) is 4.14. The molecule has 0 amide bonds. The van der Waals surface area contributed by atoms with Gasteiger partial charge in [0.2, 0.25) is 0 Å². The predicted octanol–water partition coefficient (Wildman–Crippen LogP) is 3.79. The molecule has 1 aromatic heterocycles. The number of hydrogen-bond acceptors (Lipinski definition) is 3. The fraction of sp³-hybridized carbons (Fsp3) is 0.625. The van der Waals surface area contributed by atoms with Crippen molar-refractivity contribution in [3.8, 4) is 11.8 Å². The lowest BCUT2D eigenvalue weighted by atomic mass is 10.0. The van der Waals surface area contributed by atoms with Crippen molar-refractivity contribution >= 4 is 11.3 Å². The molecule has 1 rings (SSSR count). The third kappa shape index (κ3) is 6.77. The second-order valence-electron chi connectivity index (χ2n) is 4.70. The zero-order chi connectivity index (χ0) is 13.9. The quantitative estimate of drug-likeness (QED) is 0.735. The van der Waals surface area contributed by atoms with Crippen molar-refractivity contribution in [2.45, 2.75) is 46.1 Å². The molecule has 0 bridgehead atoms. The first kappa shape index (κ1) is 16.2. The van der Waals surface area contributed by atoms with Crippen LogP contribution in [0.3, 0.4) is 0 Å². The highest BCUT2D eigenvalue weighted by Gasteiger charge is 2.06. The van der Waals surface area contributed by atoms with Gasteiger partial charge in [0.15, 0.2) is 0 Å². The molecule has 1 unspecified atom stereocenters. The van der Waals surface area contributed by atoms with Crippen LogP contribution in [0.15, 0.2) is 12.1 Å². The average molecular weight is 279 g/mol. The van der Waals surface area contributed by atoms with Gasteiger partial charge in [-0.05, 0) is 24.5 Å². The smallest absolute Gasteiger partial charge is 0.0809 e. The van der Waals surface area contributed by atoms with Gasteiger partial charge in [0.1, 0.15) is 0 Å². The molecule has 0 aromatic carbocycles. The molecule has 0 aliphatic rings. The monoisotopic (exact) mass is 279 g/mol. The van der Waals surface area contributed by atoms with E-state index in [2.05, 4.69) is 31.8 Å². The van der Waals surface area contributed by atoms with Crippen molar-refractivity contribution in [2.24, 2.45) is 11.7 Å². The van der Waals surface area contributed by atoms with E-state index in [4.69, 9.17) is 10.5 Å². The molecule has 0 radical (unpaired) electrons. The van der Waals surface area contributed by atoms with Gasteiger partial charge in [-0.1, -0.05) is 45.0 Å². The van der Waals surface area contributed by atoms with Gasteiger partial charge in [-0.3, -0.25) is 0 Å². The maximum absolute atomic E-state index is 5.83. The molecule has 1 heterocycles. The second kappa shape index (κ2) is 10.0. The summed E-state index contributed by atoms with van der Waals surface area (Å²) in [6.07, 6.45) is 5.06. The summed E-state index contributed by atoms with van der Waals surface area (Å²) in [4.78, 5) is 2.31. The van der Waals surface area contributed by atoms with Gasteiger partial charge < -0.3 is 10.5 Å². The van der Waals surface area contributed by atoms with Gasteiger partial charge in [0, 0.05) is 11.5 Å². The number of thiophene rings is 1. The van der Waals surface area contributed by atoms with E-state index in [-0.39, 0.29) is 0 Å². The largest absolute Gasteiger partial charge is 0.376 e. The van der Waals surface area contributed by atoms with E-state index in [9.17, 15) is 0 Å². The molecule has 0 spiro atoms. The van der Waals surface area contributed by atoms with Crippen LogP contribution in [0.5, 0.6) is 0 Å². The molecular formula is C16H25NOS. The van der Waals surface area contributed by atoms with Crippen molar-refractivity contribution in [1.29, 1.82) is 0 Å². The Kier molecular flexibility index (Phi) is 8.57. The molecule has 0 aliphatic carbocycles. The summed E-state index contributed by atoms with van der Waals surface area (Å²) in [6.45, 7) is 6.48. The Morgan fingerprint density at radius 2 is 2.21 bits per heavy atom. The van der Waals surface area contributed by atoms with E-state index in [0.29, 0.717) is 19.1 Å². The Balaban J connectivity index is 2.29. The Morgan fingerprint density at radius 3 is 2.89 bits per heavy atom. The molecule has 0 saturated heterocycles. The first-order chi connectivity index (χ1) is 9.30.